The molecule has 0 amide bonds. The predicted octanol–water partition coefficient (Wildman–Crippen LogP) is 4.17. The first kappa shape index (κ1) is 19.0. The van der Waals surface area contributed by atoms with E-state index in [0.29, 0.717) is 16.3 Å². The van der Waals surface area contributed by atoms with Gasteiger partial charge in [-0.2, -0.15) is 13.5 Å². The number of rotatable bonds is 4. The Kier molecular flexibility index (Phi) is 4.77. The van der Waals surface area contributed by atoms with Crippen molar-refractivity contribution in [1.82, 2.24) is 0 Å². The van der Waals surface area contributed by atoms with Crippen LogP contribution in [0.3, 0.4) is 0 Å². The van der Waals surface area contributed by atoms with Crippen molar-refractivity contribution >= 4 is 38.1 Å². The third-order valence-corrected chi connectivity index (χ3v) is 5.85. The van der Waals surface area contributed by atoms with Crippen LogP contribution in [0.1, 0.15) is 18.4 Å². The molecule has 0 bridgehead atoms. The molecule has 2 N–H and O–H groups in total. The molecule has 3 aromatic carbocycles. The van der Waals surface area contributed by atoms with Gasteiger partial charge in [0.25, 0.3) is 10.1 Å². The Morgan fingerprint density at radius 3 is 2.38 bits per heavy atom. The maximum atomic E-state index is 12.8. The number of Topliss-reactive ketones (excluding diaryl/α,β-unsaturated/α-hetero) is 1. The molecule has 0 spiro atoms. The Labute approximate surface area is 168 Å². The summed E-state index contributed by atoms with van der Waals surface area (Å²) in [5, 5.41) is 5.22. The zero-order valence-electron chi connectivity index (χ0n) is 15.5. The number of ketones is 1. The van der Waals surface area contributed by atoms with Gasteiger partial charge in [0.1, 0.15) is 10.6 Å². The highest BCUT2D eigenvalue weighted by Crippen LogP contribution is 2.32. The molecule has 0 fully saturated rings. The average molecular weight is 406 g/mol. The van der Waals surface area contributed by atoms with Crippen LogP contribution >= 0.6 is 0 Å². The molecule has 3 aromatic rings. The number of carbonyl (C=O) groups excluding carboxylic acids is 1. The number of allylic oxidation sites excluding steroid dienone is 2. The second kappa shape index (κ2) is 7.27. The number of hydrogen-bond acceptors (Lipinski definition) is 5. The molecule has 0 aliphatic heterocycles. The van der Waals surface area contributed by atoms with Crippen LogP contribution in [0, 0.1) is 0 Å². The van der Waals surface area contributed by atoms with Crippen molar-refractivity contribution in [2.24, 2.45) is 5.10 Å². The van der Waals surface area contributed by atoms with E-state index < -0.39 is 16.0 Å². The SMILES string of the molecule is CC1=CC(c2ccccc2)C(=O)/C1=N\Nc1ccc2ccccc2c1S(=O)(=O)O. The smallest absolute Gasteiger partial charge is 0.291 e. The third kappa shape index (κ3) is 3.57. The Balaban J connectivity index is 1.72. The summed E-state index contributed by atoms with van der Waals surface area (Å²) in [7, 11) is -4.52. The van der Waals surface area contributed by atoms with E-state index in [1.54, 1.807) is 37.3 Å². The standard InChI is InChI=1S/C22H18N2O4S/c1-14-13-18(15-7-3-2-4-8-15)21(25)20(14)24-23-19-12-11-16-9-5-6-10-17(16)22(19)29(26,27)28/h2-13,18,23H,1H3,(H,26,27,28)/b24-20-. The maximum absolute atomic E-state index is 12.8. The topological polar surface area (TPSA) is 95.8 Å². The van der Waals surface area contributed by atoms with Gasteiger partial charge in [-0.05, 0) is 29.5 Å². The minimum atomic E-state index is -4.52. The van der Waals surface area contributed by atoms with Gasteiger partial charge < -0.3 is 0 Å². The lowest BCUT2D eigenvalue weighted by Gasteiger charge is -2.11. The van der Waals surface area contributed by atoms with E-state index in [2.05, 4.69) is 10.5 Å². The summed E-state index contributed by atoms with van der Waals surface area (Å²) in [6, 6.07) is 19.4. The normalized spacial score (nSPS) is 18.3. The molecule has 4 rings (SSSR count). The lowest BCUT2D eigenvalue weighted by molar-refractivity contribution is -0.113. The molecule has 146 valence electrons. The van der Waals surface area contributed by atoms with Gasteiger partial charge in [0, 0.05) is 5.39 Å². The minimum Gasteiger partial charge on any atom is -0.291 e. The first-order chi connectivity index (χ1) is 13.9. The zero-order chi connectivity index (χ0) is 20.6. The van der Waals surface area contributed by atoms with Crippen molar-refractivity contribution in [3.05, 3.63) is 83.9 Å². The van der Waals surface area contributed by atoms with E-state index in [0.717, 1.165) is 5.56 Å². The fraction of sp³-hybridized carbons (Fsp3) is 0.0909. The number of hydrogen-bond donors (Lipinski definition) is 2. The van der Waals surface area contributed by atoms with Gasteiger partial charge in [-0.15, -0.1) is 0 Å². The molecule has 0 saturated carbocycles. The molecule has 1 unspecified atom stereocenters. The van der Waals surface area contributed by atoms with E-state index in [-0.39, 0.29) is 22.1 Å². The van der Waals surface area contributed by atoms with Gasteiger partial charge in [0.15, 0.2) is 5.78 Å². The second-order valence-electron chi connectivity index (χ2n) is 6.81. The quantitative estimate of drug-likeness (QED) is 0.501. The van der Waals surface area contributed by atoms with Crippen molar-refractivity contribution in [3.63, 3.8) is 0 Å². The summed E-state index contributed by atoms with van der Waals surface area (Å²) in [5.41, 5.74) is 4.57. The molecule has 0 saturated heterocycles. The lowest BCUT2D eigenvalue weighted by Crippen LogP contribution is -2.17. The summed E-state index contributed by atoms with van der Waals surface area (Å²) in [6.07, 6.45) is 1.84. The average Bonchev–Trinajstić information content (AvgIpc) is 2.99. The van der Waals surface area contributed by atoms with Gasteiger partial charge in [0.05, 0.1) is 11.6 Å². The summed E-state index contributed by atoms with van der Waals surface area (Å²) < 4.78 is 33.8. The highest BCUT2D eigenvalue weighted by Gasteiger charge is 2.31. The molecule has 0 heterocycles. The lowest BCUT2D eigenvalue weighted by atomic mass is 9.97. The molecular weight excluding hydrogens is 388 g/mol. The summed E-state index contributed by atoms with van der Waals surface area (Å²) >= 11 is 0. The predicted molar refractivity (Wildman–Crippen MR) is 113 cm³/mol. The maximum Gasteiger partial charge on any atom is 0.297 e. The van der Waals surface area contributed by atoms with Gasteiger partial charge >= 0.3 is 0 Å². The van der Waals surface area contributed by atoms with Gasteiger partial charge in [-0.25, -0.2) is 0 Å². The van der Waals surface area contributed by atoms with Crippen LogP contribution < -0.4 is 5.43 Å². The fourth-order valence-corrected chi connectivity index (χ4v) is 4.38. The Bertz CT molecular complexity index is 1280. The Hall–Kier alpha value is -3.29. The van der Waals surface area contributed by atoms with Crippen molar-refractivity contribution in [2.75, 3.05) is 5.43 Å². The summed E-state index contributed by atoms with van der Waals surface area (Å²) in [5.74, 6) is -0.593. The number of hydrazone groups is 1. The van der Waals surface area contributed by atoms with Gasteiger partial charge in [0.2, 0.25) is 0 Å². The largest absolute Gasteiger partial charge is 0.297 e. The molecule has 0 radical (unpaired) electrons. The fourth-order valence-electron chi connectivity index (χ4n) is 3.52. The van der Waals surface area contributed by atoms with E-state index in [1.165, 1.54) is 6.07 Å². The highest BCUT2D eigenvalue weighted by molar-refractivity contribution is 7.86. The summed E-state index contributed by atoms with van der Waals surface area (Å²) in [4.78, 5) is 12.6. The highest BCUT2D eigenvalue weighted by atomic mass is 32.2. The molecule has 6 nitrogen and oxygen atoms in total. The molecule has 29 heavy (non-hydrogen) atoms. The molecule has 0 aromatic heterocycles. The summed E-state index contributed by atoms with van der Waals surface area (Å²) in [6.45, 7) is 1.78. The monoisotopic (exact) mass is 406 g/mol. The van der Waals surface area contributed by atoms with Crippen LogP contribution in [0.2, 0.25) is 0 Å². The molecule has 1 aliphatic rings. The van der Waals surface area contributed by atoms with Crippen molar-refractivity contribution < 1.29 is 17.8 Å². The van der Waals surface area contributed by atoms with Crippen LogP contribution in [0.4, 0.5) is 5.69 Å². The van der Waals surface area contributed by atoms with E-state index in [4.69, 9.17) is 0 Å². The first-order valence-electron chi connectivity index (χ1n) is 8.97. The van der Waals surface area contributed by atoms with Crippen LogP contribution in [-0.4, -0.2) is 24.5 Å². The second-order valence-corrected chi connectivity index (χ2v) is 8.17. The number of benzene rings is 3. The Morgan fingerprint density at radius 1 is 0.966 bits per heavy atom. The van der Waals surface area contributed by atoms with Crippen LogP contribution in [0.5, 0.6) is 0 Å². The van der Waals surface area contributed by atoms with Gasteiger partial charge in [-0.1, -0.05) is 66.7 Å². The molecule has 7 heteroatoms. The zero-order valence-corrected chi connectivity index (χ0v) is 16.3. The van der Waals surface area contributed by atoms with Crippen LogP contribution in [-0.2, 0) is 14.9 Å². The minimum absolute atomic E-state index is 0.0995. The number of carbonyl (C=O) groups is 1. The number of anilines is 1. The Morgan fingerprint density at radius 2 is 1.66 bits per heavy atom. The van der Waals surface area contributed by atoms with E-state index >= 15 is 0 Å². The first-order valence-corrected chi connectivity index (χ1v) is 10.4. The van der Waals surface area contributed by atoms with Crippen molar-refractivity contribution in [2.45, 2.75) is 17.7 Å². The molecule has 1 atom stereocenters. The van der Waals surface area contributed by atoms with E-state index in [9.17, 15) is 17.8 Å². The van der Waals surface area contributed by atoms with Crippen molar-refractivity contribution in [3.8, 4) is 0 Å². The van der Waals surface area contributed by atoms with E-state index in [1.807, 2.05) is 36.4 Å². The molecular formula is C22H18N2O4S. The number of fused-ring (bicyclic) bond motifs is 1. The van der Waals surface area contributed by atoms with Crippen LogP contribution in [0.25, 0.3) is 10.8 Å². The van der Waals surface area contributed by atoms with Crippen LogP contribution in [0.15, 0.2) is 88.4 Å². The number of nitrogens with zero attached hydrogens (tertiary/aromatic N) is 1. The number of nitrogens with one attached hydrogen (secondary N) is 1. The van der Waals surface area contributed by atoms with Gasteiger partial charge in [-0.3, -0.25) is 14.8 Å². The van der Waals surface area contributed by atoms with Crippen molar-refractivity contribution in [1.29, 1.82) is 0 Å². The third-order valence-electron chi connectivity index (χ3n) is 4.89. The molecule has 1 aliphatic carbocycles.